The van der Waals surface area contributed by atoms with Crippen molar-refractivity contribution in [1.29, 1.82) is 0 Å². The zero-order chi connectivity index (χ0) is 21.6. The molecule has 0 fully saturated rings. The summed E-state index contributed by atoms with van der Waals surface area (Å²) >= 11 is 0. The third-order valence-electron chi connectivity index (χ3n) is 5.40. The van der Waals surface area contributed by atoms with E-state index in [0.29, 0.717) is 12.2 Å². The van der Waals surface area contributed by atoms with Crippen molar-refractivity contribution in [2.24, 2.45) is 5.73 Å². The molecule has 2 aromatic heterocycles. The number of aromatic nitrogens is 2. The number of carbonyl (C=O) groups is 1. The van der Waals surface area contributed by atoms with E-state index in [1.54, 1.807) is 18.3 Å². The van der Waals surface area contributed by atoms with Crippen LogP contribution >= 0.6 is 0 Å². The summed E-state index contributed by atoms with van der Waals surface area (Å²) in [6.45, 7) is 0.575. The summed E-state index contributed by atoms with van der Waals surface area (Å²) in [4.78, 5) is 18.3. The first-order valence-electron chi connectivity index (χ1n) is 10.3. The van der Waals surface area contributed by atoms with Gasteiger partial charge in [-0.05, 0) is 59.4 Å². The Morgan fingerprint density at radius 1 is 1.06 bits per heavy atom. The molecule has 158 valence electrons. The maximum Gasteiger partial charge on any atom is 0.248 e. The second-order valence-electron chi connectivity index (χ2n) is 7.43. The molecule has 0 aliphatic heterocycles. The van der Waals surface area contributed by atoms with Crippen molar-refractivity contribution in [2.45, 2.75) is 18.9 Å². The number of nitrogens with two attached hydrogens (primary N) is 1. The molecule has 1 amide bonds. The van der Waals surface area contributed by atoms with Crippen LogP contribution < -0.4 is 5.73 Å². The van der Waals surface area contributed by atoms with Crippen LogP contribution in [0, 0.1) is 0 Å². The van der Waals surface area contributed by atoms with Gasteiger partial charge in [-0.25, -0.2) is 4.98 Å². The van der Waals surface area contributed by atoms with Gasteiger partial charge >= 0.3 is 0 Å². The number of hydrogen-bond acceptors (Lipinski definition) is 4. The highest BCUT2D eigenvalue weighted by molar-refractivity contribution is 5.95. The summed E-state index contributed by atoms with van der Waals surface area (Å²) in [6, 6.07) is 19.6. The van der Waals surface area contributed by atoms with Gasteiger partial charge in [0.15, 0.2) is 0 Å². The minimum absolute atomic E-state index is 0.118. The van der Waals surface area contributed by atoms with Gasteiger partial charge in [0.1, 0.15) is 5.65 Å². The second-order valence-corrected chi connectivity index (χ2v) is 7.43. The summed E-state index contributed by atoms with van der Waals surface area (Å²) in [5, 5.41) is 9.68. The molecule has 0 saturated carbocycles. The summed E-state index contributed by atoms with van der Waals surface area (Å²) in [5.74, 6) is -0.414. The molecule has 4 aromatic rings. The summed E-state index contributed by atoms with van der Waals surface area (Å²) in [6.07, 6.45) is 5.89. The van der Waals surface area contributed by atoms with E-state index in [0.717, 1.165) is 35.0 Å². The lowest BCUT2D eigenvalue weighted by atomic mass is 10.0. The molecule has 6 nitrogen and oxygen atoms in total. The van der Waals surface area contributed by atoms with E-state index in [1.807, 2.05) is 30.5 Å². The Bertz CT molecular complexity index is 1140. The third kappa shape index (κ3) is 4.82. The number of fused-ring (bicyclic) bond motifs is 2. The van der Waals surface area contributed by atoms with E-state index < -0.39 is 5.91 Å². The number of nitrogens with one attached hydrogen (secondary N) is 1. The first kappa shape index (κ1) is 20.8. The lowest BCUT2D eigenvalue weighted by molar-refractivity contribution is 0.0349. The molecular weight excluding hydrogens is 390 g/mol. The monoisotopic (exact) mass is 415 g/mol. The summed E-state index contributed by atoms with van der Waals surface area (Å²) in [5.41, 5.74) is 11.5. The Labute approximate surface area is 180 Å². The van der Waals surface area contributed by atoms with E-state index in [-0.39, 0.29) is 12.7 Å². The Morgan fingerprint density at radius 3 is 2.42 bits per heavy atom. The standard InChI is InChI=1S/C14H11N3O.C11H14O2/c15-13(18)10-3-1-9(2-4-10)11-5-7-16-14-12(11)6-8-17-14;12-5-6-13-11-7-9-3-1-2-4-10(9)8-11/h1-8H,(H2,15,18)(H,16,17);1-4,11-12H,5-8H2. The molecular formula is C25H25N3O3. The molecule has 0 saturated heterocycles. The van der Waals surface area contributed by atoms with Gasteiger partial charge in [-0.15, -0.1) is 0 Å². The highest BCUT2D eigenvalue weighted by Crippen LogP contribution is 2.27. The number of aromatic amines is 1. The number of nitrogens with zero attached hydrogens (tertiary/aromatic N) is 1. The fraction of sp³-hybridized carbons (Fsp3) is 0.200. The van der Waals surface area contributed by atoms with Crippen LogP contribution in [0.15, 0.2) is 73.1 Å². The SMILES string of the molecule is NC(=O)c1ccc(-c2ccnc3[nH]ccc23)cc1.OCCOC1Cc2ccccc2C1. The topological polar surface area (TPSA) is 101 Å². The lowest BCUT2D eigenvalue weighted by Gasteiger charge is -2.08. The fourth-order valence-corrected chi connectivity index (χ4v) is 3.88. The van der Waals surface area contributed by atoms with Crippen LogP contribution in [0.2, 0.25) is 0 Å². The van der Waals surface area contributed by atoms with Crippen molar-refractivity contribution in [3.63, 3.8) is 0 Å². The maximum absolute atomic E-state index is 11.0. The Morgan fingerprint density at radius 2 is 1.77 bits per heavy atom. The minimum Gasteiger partial charge on any atom is -0.394 e. The first-order valence-corrected chi connectivity index (χ1v) is 10.3. The third-order valence-corrected chi connectivity index (χ3v) is 5.40. The van der Waals surface area contributed by atoms with Crippen molar-refractivity contribution in [3.05, 3.63) is 89.7 Å². The molecule has 2 aromatic carbocycles. The molecule has 2 heterocycles. The number of ether oxygens (including phenoxy) is 1. The predicted octanol–water partition coefficient (Wildman–Crippen LogP) is 3.49. The zero-order valence-corrected chi connectivity index (χ0v) is 17.1. The number of primary amides is 1. The van der Waals surface area contributed by atoms with E-state index in [1.165, 1.54) is 11.1 Å². The zero-order valence-electron chi connectivity index (χ0n) is 17.1. The van der Waals surface area contributed by atoms with Gasteiger partial charge in [0.25, 0.3) is 0 Å². The number of carbonyl (C=O) groups excluding carboxylic acids is 1. The molecule has 31 heavy (non-hydrogen) atoms. The number of H-pyrrole nitrogens is 1. The molecule has 0 bridgehead atoms. The molecule has 1 aliphatic carbocycles. The second kappa shape index (κ2) is 9.55. The fourth-order valence-electron chi connectivity index (χ4n) is 3.88. The van der Waals surface area contributed by atoms with Crippen molar-refractivity contribution in [1.82, 2.24) is 9.97 Å². The number of benzene rings is 2. The molecule has 0 radical (unpaired) electrons. The molecule has 6 heteroatoms. The largest absolute Gasteiger partial charge is 0.394 e. The Kier molecular flexibility index (Phi) is 6.40. The van der Waals surface area contributed by atoms with Gasteiger partial charge in [-0.1, -0.05) is 36.4 Å². The summed E-state index contributed by atoms with van der Waals surface area (Å²) in [7, 11) is 0. The predicted molar refractivity (Wildman–Crippen MR) is 121 cm³/mol. The molecule has 0 atom stereocenters. The average Bonchev–Trinajstić information content (AvgIpc) is 3.44. The first-order chi connectivity index (χ1) is 15.2. The van der Waals surface area contributed by atoms with Crippen LogP contribution in [0.25, 0.3) is 22.2 Å². The van der Waals surface area contributed by atoms with Gasteiger partial charge in [0.05, 0.1) is 19.3 Å². The van der Waals surface area contributed by atoms with Crippen molar-refractivity contribution >= 4 is 16.9 Å². The van der Waals surface area contributed by atoms with Crippen LogP contribution in [0.4, 0.5) is 0 Å². The maximum atomic E-state index is 11.0. The molecule has 0 spiro atoms. The minimum atomic E-state index is -0.414. The van der Waals surface area contributed by atoms with Gasteiger partial charge in [-0.2, -0.15) is 0 Å². The summed E-state index contributed by atoms with van der Waals surface area (Å²) < 4.78 is 5.48. The van der Waals surface area contributed by atoms with Gasteiger partial charge in [-0.3, -0.25) is 4.79 Å². The highest BCUT2D eigenvalue weighted by atomic mass is 16.5. The van der Waals surface area contributed by atoms with Crippen molar-refractivity contribution in [3.8, 4) is 11.1 Å². The van der Waals surface area contributed by atoms with E-state index in [2.05, 4.69) is 34.2 Å². The van der Waals surface area contributed by atoms with Gasteiger partial charge < -0.3 is 20.6 Å². The lowest BCUT2D eigenvalue weighted by Crippen LogP contribution is -2.15. The van der Waals surface area contributed by atoms with E-state index in [4.69, 9.17) is 15.6 Å². The number of rotatable bonds is 5. The Hall–Kier alpha value is -3.48. The van der Waals surface area contributed by atoms with Crippen LogP contribution in [-0.4, -0.2) is 40.3 Å². The normalized spacial score (nSPS) is 12.9. The average molecular weight is 415 g/mol. The van der Waals surface area contributed by atoms with Crippen LogP contribution in [-0.2, 0) is 17.6 Å². The van der Waals surface area contributed by atoms with Crippen molar-refractivity contribution in [2.75, 3.05) is 13.2 Å². The Balaban J connectivity index is 0.000000158. The number of amides is 1. The molecule has 1 aliphatic rings. The van der Waals surface area contributed by atoms with Crippen LogP contribution in [0.1, 0.15) is 21.5 Å². The van der Waals surface area contributed by atoms with Crippen LogP contribution in [0.5, 0.6) is 0 Å². The smallest absolute Gasteiger partial charge is 0.248 e. The van der Waals surface area contributed by atoms with Gasteiger partial charge in [0.2, 0.25) is 5.91 Å². The number of aliphatic hydroxyl groups is 1. The van der Waals surface area contributed by atoms with E-state index in [9.17, 15) is 4.79 Å². The van der Waals surface area contributed by atoms with Crippen LogP contribution in [0.3, 0.4) is 0 Å². The molecule has 0 unspecified atom stereocenters. The van der Waals surface area contributed by atoms with Crippen molar-refractivity contribution < 1.29 is 14.6 Å². The molecule has 5 rings (SSSR count). The van der Waals surface area contributed by atoms with E-state index >= 15 is 0 Å². The highest BCUT2D eigenvalue weighted by Gasteiger charge is 2.20. The molecule has 4 N–H and O–H groups in total. The number of hydrogen-bond donors (Lipinski definition) is 3. The number of aliphatic hydroxyl groups excluding tert-OH is 1. The quantitative estimate of drug-likeness (QED) is 0.464. The number of pyridine rings is 1. The van der Waals surface area contributed by atoms with Gasteiger partial charge in [0, 0.05) is 23.3 Å².